The van der Waals surface area contributed by atoms with Gasteiger partial charge >= 0.3 is 0 Å². The Morgan fingerprint density at radius 2 is 1.88 bits per heavy atom. The quantitative estimate of drug-likeness (QED) is 0.230. The summed E-state index contributed by atoms with van der Waals surface area (Å²) in [4.78, 5) is 9.64. The summed E-state index contributed by atoms with van der Waals surface area (Å²) < 4.78 is 16.6. The number of ether oxygens (including phenoxy) is 3. The minimum atomic E-state index is 0.389. The molecule has 9 heteroatoms. The molecule has 34 heavy (non-hydrogen) atoms. The van der Waals surface area contributed by atoms with Crippen LogP contribution in [0.2, 0.25) is 0 Å². The minimum Gasteiger partial charge on any atom is -0.493 e. The zero-order valence-electron chi connectivity index (χ0n) is 18.8. The number of H-pyrrole nitrogens is 1. The number of hydrogen-bond donors (Lipinski definition) is 3. The third-order valence-electron chi connectivity index (χ3n) is 5.37. The molecule has 0 atom stereocenters. The van der Waals surface area contributed by atoms with Crippen LogP contribution in [-0.4, -0.2) is 47.6 Å². The maximum Gasteiger partial charge on any atom is 0.162 e. The van der Waals surface area contributed by atoms with Crippen molar-refractivity contribution in [2.24, 2.45) is 0 Å². The largest absolute Gasteiger partial charge is 0.493 e. The van der Waals surface area contributed by atoms with E-state index in [4.69, 9.17) is 29.9 Å². The molecule has 0 unspecified atom stereocenters. The third-order valence-corrected chi connectivity index (χ3v) is 5.37. The van der Waals surface area contributed by atoms with Gasteiger partial charge in [-0.3, -0.25) is 5.10 Å². The van der Waals surface area contributed by atoms with Gasteiger partial charge in [0.25, 0.3) is 0 Å². The van der Waals surface area contributed by atoms with Gasteiger partial charge < -0.3 is 25.3 Å². The first kappa shape index (κ1) is 21.5. The van der Waals surface area contributed by atoms with Gasteiger partial charge in [0.2, 0.25) is 0 Å². The second kappa shape index (κ2) is 9.24. The summed E-state index contributed by atoms with van der Waals surface area (Å²) in [5.74, 6) is 2.33. The second-order valence-corrected chi connectivity index (χ2v) is 7.68. The summed E-state index contributed by atoms with van der Waals surface area (Å²) in [6.45, 7) is 0.850. The summed E-state index contributed by atoms with van der Waals surface area (Å²) in [6.07, 6.45) is 1.78. The Balaban J connectivity index is 1.65. The van der Waals surface area contributed by atoms with Gasteiger partial charge in [0.05, 0.1) is 30.9 Å². The van der Waals surface area contributed by atoms with E-state index >= 15 is 0 Å². The normalized spacial score (nSPS) is 11.1. The van der Waals surface area contributed by atoms with Crippen molar-refractivity contribution in [3.8, 4) is 22.9 Å². The van der Waals surface area contributed by atoms with E-state index in [1.807, 2.05) is 54.6 Å². The number of rotatable bonds is 8. The van der Waals surface area contributed by atoms with Crippen molar-refractivity contribution >= 4 is 39.0 Å². The van der Waals surface area contributed by atoms with Gasteiger partial charge in [-0.15, -0.1) is 0 Å². The Morgan fingerprint density at radius 1 is 0.971 bits per heavy atom. The molecule has 0 aliphatic heterocycles. The predicted molar refractivity (Wildman–Crippen MR) is 133 cm³/mol. The number of fused-ring (bicyclic) bond motifs is 2. The van der Waals surface area contributed by atoms with E-state index in [-0.39, 0.29) is 0 Å². The van der Waals surface area contributed by atoms with Crippen LogP contribution < -0.4 is 20.5 Å². The van der Waals surface area contributed by atoms with Crippen LogP contribution in [-0.2, 0) is 4.74 Å². The molecule has 2 heterocycles. The van der Waals surface area contributed by atoms with Gasteiger partial charge in [0, 0.05) is 40.9 Å². The fourth-order valence-electron chi connectivity index (χ4n) is 3.70. The Kier molecular flexibility index (Phi) is 5.84. The fourth-order valence-corrected chi connectivity index (χ4v) is 3.70. The lowest BCUT2D eigenvalue weighted by Gasteiger charge is -2.15. The first-order chi connectivity index (χ1) is 16.6. The molecule has 5 aromatic rings. The SMILES string of the molecule is COCCOc1cc2c(Nc3ccc4[nH]ncc4c3)nc(-c3cccc(N)c3)nc2cc1OC. The lowest BCUT2D eigenvalue weighted by atomic mass is 10.1. The van der Waals surface area contributed by atoms with Crippen LogP contribution in [0.1, 0.15) is 0 Å². The highest BCUT2D eigenvalue weighted by atomic mass is 16.5. The van der Waals surface area contributed by atoms with Crippen molar-refractivity contribution < 1.29 is 14.2 Å². The van der Waals surface area contributed by atoms with E-state index in [9.17, 15) is 0 Å². The third kappa shape index (κ3) is 4.28. The van der Waals surface area contributed by atoms with Gasteiger partial charge in [0.1, 0.15) is 12.4 Å². The topological polar surface area (TPSA) is 120 Å². The van der Waals surface area contributed by atoms with Crippen LogP contribution in [0.5, 0.6) is 11.5 Å². The molecule has 0 aliphatic carbocycles. The molecule has 3 aromatic carbocycles. The van der Waals surface area contributed by atoms with Gasteiger partial charge in [-0.05, 0) is 36.4 Å². The average molecular weight is 457 g/mol. The lowest BCUT2D eigenvalue weighted by molar-refractivity contribution is 0.144. The smallest absolute Gasteiger partial charge is 0.162 e. The molecule has 0 fully saturated rings. The number of hydrogen-bond acceptors (Lipinski definition) is 8. The van der Waals surface area contributed by atoms with Crippen molar-refractivity contribution in [2.45, 2.75) is 0 Å². The molecule has 9 nitrogen and oxygen atoms in total. The highest BCUT2D eigenvalue weighted by molar-refractivity contribution is 5.95. The minimum absolute atomic E-state index is 0.389. The first-order valence-electron chi connectivity index (χ1n) is 10.7. The standard InChI is InChI=1S/C25H24N6O3/c1-32-8-9-34-23-12-19-21(13-22(23)33-2)29-24(15-4-3-5-17(26)10-15)30-25(19)28-18-6-7-20-16(11-18)14-27-31-20/h3-7,10-14H,8-9,26H2,1-2H3,(H,27,31)(H,28,29,30). The Labute approximate surface area is 195 Å². The molecule has 2 aromatic heterocycles. The van der Waals surface area contributed by atoms with E-state index in [1.54, 1.807) is 20.4 Å². The molecular formula is C25H24N6O3. The van der Waals surface area contributed by atoms with Crippen molar-refractivity contribution in [1.82, 2.24) is 20.2 Å². The summed E-state index contributed by atoms with van der Waals surface area (Å²) in [5.41, 5.74) is 9.99. The summed E-state index contributed by atoms with van der Waals surface area (Å²) >= 11 is 0. The number of aromatic nitrogens is 4. The number of nitrogens with two attached hydrogens (primary N) is 1. The number of methoxy groups -OCH3 is 2. The molecule has 0 aliphatic rings. The monoisotopic (exact) mass is 456 g/mol. The Bertz CT molecular complexity index is 1470. The number of benzene rings is 3. The molecular weight excluding hydrogens is 432 g/mol. The van der Waals surface area contributed by atoms with Crippen LogP contribution in [0.4, 0.5) is 17.2 Å². The maximum absolute atomic E-state index is 6.01. The van der Waals surface area contributed by atoms with Crippen molar-refractivity contribution in [3.63, 3.8) is 0 Å². The predicted octanol–water partition coefficient (Wildman–Crippen LogP) is 4.53. The zero-order valence-corrected chi connectivity index (χ0v) is 18.8. The van der Waals surface area contributed by atoms with Gasteiger partial charge in [0.15, 0.2) is 17.3 Å². The highest BCUT2D eigenvalue weighted by Crippen LogP contribution is 2.36. The molecule has 172 valence electrons. The van der Waals surface area contributed by atoms with Crippen molar-refractivity contribution in [1.29, 1.82) is 0 Å². The van der Waals surface area contributed by atoms with Crippen LogP contribution >= 0.6 is 0 Å². The summed E-state index contributed by atoms with van der Waals surface area (Å²) in [5, 5.41) is 12.3. The summed E-state index contributed by atoms with van der Waals surface area (Å²) in [6, 6.07) is 17.2. The lowest BCUT2D eigenvalue weighted by Crippen LogP contribution is -2.06. The summed E-state index contributed by atoms with van der Waals surface area (Å²) in [7, 11) is 3.23. The van der Waals surface area contributed by atoms with Gasteiger partial charge in [-0.1, -0.05) is 12.1 Å². The van der Waals surface area contributed by atoms with Crippen LogP contribution in [0.15, 0.2) is 60.8 Å². The number of nitrogens with one attached hydrogen (secondary N) is 2. The Hall–Kier alpha value is -4.37. The number of nitrogens with zero attached hydrogens (tertiary/aromatic N) is 3. The van der Waals surface area contributed by atoms with Crippen LogP contribution in [0, 0.1) is 0 Å². The van der Waals surface area contributed by atoms with E-state index in [2.05, 4.69) is 15.5 Å². The van der Waals surface area contributed by atoms with Gasteiger partial charge in [-0.2, -0.15) is 5.10 Å². The molecule has 0 bridgehead atoms. The molecule has 4 N–H and O–H groups in total. The van der Waals surface area contributed by atoms with E-state index in [1.165, 1.54) is 0 Å². The van der Waals surface area contributed by atoms with Crippen molar-refractivity contribution in [3.05, 3.63) is 60.8 Å². The van der Waals surface area contributed by atoms with Crippen LogP contribution in [0.3, 0.4) is 0 Å². The maximum atomic E-state index is 6.01. The van der Waals surface area contributed by atoms with E-state index in [0.717, 1.165) is 27.5 Å². The Morgan fingerprint density at radius 3 is 2.71 bits per heavy atom. The van der Waals surface area contributed by atoms with E-state index in [0.29, 0.717) is 47.6 Å². The van der Waals surface area contributed by atoms with Crippen LogP contribution in [0.25, 0.3) is 33.2 Å². The zero-order chi connectivity index (χ0) is 23.5. The fraction of sp³-hybridized carbons (Fsp3) is 0.160. The molecule has 0 amide bonds. The second-order valence-electron chi connectivity index (χ2n) is 7.68. The molecule has 0 spiro atoms. The van der Waals surface area contributed by atoms with E-state index < -0.39 is 0 Å². The molecule has 0 radical (unpaired) electrons. The van der Waals surface area contributed by atoms with Gasteiger partial charge in [-0.25, -0.2) is 9.97 Å². The average Bonchev–Trinajstić information content (AvgIpc) is 3.32. The number of anilines is 3. The molecule has 5 rings (SSSR count). The van der Waals surface area contributed by atoms with Crippen molar-refractivity contribution in [2.75, 3.05) is 38.5 Å². The number of aromatic amines is 1. The highest BCUT2D eigenvalue weighted by Gasteiger charge is 2.15. The molecule has 0 saturated heterocycles. The first-order valence-corrected chi connectivity index (χ1v) is 10.7. The molecule has 0 saturated carbocycles. The number of nitrogen functional groups attached to an aromatic ring is 1.